The van der Waals surface area contributed by atoms with Crippen molar-refractivity contribution < 1.29 is 9.53 Å². The quantitative estimate of drug-likeness (QED) is 0.448. The van der Waals surface area contributed by atoms with Gasteiger partial charge < -0.3 is 15.0 Å². The molecule has 0 bridgehead atoms. The number of hydrogen-bond acceptors (Lipinski definition) is 2. The number of ether oxygens (including phenoxy) is 1. The highest BCUT2D eigenvalue weighted by Crippen LogP contribution is 2.24. The molecule has 0 spiro atoms. The van der Waals surface area contributed by atoms with E-state index in [0.717, 1.165) is 33.8 Å². The molecule has 1 amide bonds. The zero-order valence-electron chi connectivity index (χ0n) is 15.7. The third-order valence-corrected chi connectivity index (χ3v) is 4.66. The van der Waals surface area contributed by atoms with Gasteiger partial charge in [0.05, 0.1) is 0 Å². The Morgan fingerprint density at radius 1 is 0.964 bits per heavy atom. The van der Waals surface area contributed by atoms with Crippen molar-refractivity contribution in [1.82, 2.24) is 4.98 Å². The van der Waals surface area contributed by atoms with E-state index >= 15 is 0 Å². The van der Waals surface area contributed by atoms with Crippen molar-refractivity contribution in [1.29, 1.82) is 0 Å². The molecule has 1 heterocycles. The first-order valence-corrected chi connectivity index (χ1v) is 9.37. The van der Waals surface area contributed by atoms with Crippen LogP contribution >= 0.6 is 0 Å². The summed E-state index contributed by atoms with van der Waals surface area (Å²) < 4.78 is 5.84. The van der Waals surface area contributed by atoms with E-state index in [0.29, 0.717) is 12.8 Å². The number of rotatable bonds is 6. The smallest absolute Gasteiger partial charge is 0.224 e. The fourth-order valence-corrected chi connectivity index (χ4v) is 3.23. The van der Waals surface area contributed by atoms with Gasteiger partial charge in [-0.2, -0.15) is 0 Å². The predicted molar refractivity (Wildman–Crippen MR) is 113 cm³/mol. The van der Waals surface area contributed by atoms with Crippen molar-refractivity contribution in [3.05, 3.63) is 90.1 Å². The lowest BCUT2D eigenvalue weighted by Gasteiger charge is -2.08. The average molecular weight is 370 g/mol. The van der Waals surface area contributed by atoms with Gasteiger partial charge in [0.1, 0.15) is 11.5 Å². The van der Waals surface area contributed by atoms with Crippen LogP contribution in [-0.4, -0.2) is 10.9 Å². The second-order valence-electron chi connectivity index (χ2n) is 6.85. The minimum atomic E-state index is -0.00219. The lowest BCUT2D eigenvalue weighted by Crippen LogP contribution is -2.12. The zero-order chi connectivity index (χ0) is 19.3. The summed E-state index contributed by atoms with van der Waals surface area (Å²) in [7, 11) is 0. The van der Waals surface area contributed by atoms with E-state index in [9.17, 15) is 4.79 Å². The first-order chi connectivity index (χ1) is 13.7. The van der Waals surface area contributed by atoms with Crippen LogP contribution in [0.2, 0.25) is 0 Å². The van der Waals surface area contributed by atoms with Gasteiger partial charge in [-0.3, -0.25) is 4.79 Å². The molecule has 0 saturated carbocycles. The minimum Gasteiger partial charge on any atom is -0.457 e. The van der Waals surface area contributed by atoms with E-state index in [4.69, 9.17) is 4.74 Å². The Kier molecular flexibility index (Phi) is 5.11. The summed E-state index contributed by atoms with van der Waals surface area (Å²) in [5.41, 5.74) is 4.17. The van der Waals surface area contributed by atoms with Gasteiger partial charge in [0.2, 0.25) is 5.91 Å². The van der Waals surface area contributed by atoms with E-state index in [1.54, 1.807) is 0 Å². The number of hydrogen-bond donors (Lipinski definition) is 2. The van der Waals surface area contributed by atoms with Crippen LogP contribution in [0, 0.1) is 6.92 Å². The fourth-order valence-electron chi connectivity index (χ4n) is 3.23. The summed E-state index contributed by atoms with van der Waals surface area (Å²) in [5, 5.41) is 4.12. The van der Waals surface area contributed by atoms with Crippen molar-refractivity contribution in [3.63, 3.8) is 0 Å². The Bertz CT molecular complexity index is 1100. The van der Waals surface area contributed by atoms with Crippen LogP contribution in [0.15, 0.2) is 79.0 Å². The number of H-pyrrole nitrogens is 1. The van der Waals surface area contributed by atoms with Crippen LogP contribution < -0.4 is 10.1 Å². The molecule has 0 aliphatic rings. The van der Waals surface area contributed by atoms with Gasteiger partial charge in [-0.05, 0) is 66.9 Å². The molecule has 3 aromatic carbocycles. The summed E-state index contributed by atoms with van der Waals surface area (Å²) >= 11 is 0. The van der Waals surface area contributed by atoms with Gasteiger partial charge in [0, 0.05) is 29.2 Å². The summed E-state index contributed by atoms with van der Waals surface area (Å²) in [5.74, 6) is 1.54. The van der Waals surface area contributed by atoms with Crippen LogP contribution in [0.3, 0.4) is 0 Å². The Labute approximate surface area is 164 Å². The molecular weight excluding hydrogens is 348 g/mol. The topological polar surface area (TPSA) is 54.1 Å². The van der Waals surface area contributed by atoms with Crippen molar-refractivity contribution in [2.45, 2.75) is 19.8 Å². The number of nitrogens with one attached hydrogen (secondary N) is 2. The second-order valence-corrected chi connectivity index (χ2v) is 6.85. The van der Waals surface area contributed by atoms with Gasteiger partial charge in [0.25, 0.3) is 0 Å². The van der Waals surface area contributed by atoms with Gasteiger partial charge in [-0.25, -0.2) is 0 Å². The predicted octanol–water partition coefficient (Wildman–Crippen LogP) is 5.84. The van der Waals surface area contributed by atoms with Crippen LogP contribution in [0.25, 0.3) is 10.9 Å². The summed E-state index contributed by atoms with van der Waals surface area (Å²) in [6.07, 6.45) is 3.11. The minimum absolute atomic E-state index is 0.00219. The van der Waals surface area contributed by atoms with Gasteiger partial charge in [-0.1, -0.05) is 30.3 Å². The number of aryl methyl sites for hydroxylation is 2. The fraction of sp³-hybridized carbons (Fsp3) is 0.125. The molecular formula is C24H22N2O2. The molecule has 2 N–H and O–H groups in total. The Morgan fingerprint density at radius 3 is 2.61 bits per heavy atom. The lowest BCUT2D eigenvalue weighted by atomic mass is 10.1. The second kappa shape index (κ2) is 8.01. The van der Waals surface area contributed by atoms with Crippen molar-refractivity contribution in [2.75, 3.05) is 5.32 Å². The SMILES string of the molecule is Cc1cccc(Oc2ccc(NC(=O)CCc3c[nH]c4ccccc34)cc2)c1. The van der Waals surface area contributed by atoms with Crippen LogP contribution in [0.4, 0.5) is 5.69 Å². The number of carbonyl (C=O) groups is 1. The molecule has 4 nitrogen and oxygen atoms in total. The third kappa shape index (κ3) is 4.23. The van der Waals surface area contributed by atoms with E-state index < -0.39 is 0 Å². The number of carbonyl (C=O) groups excluding carboxylic acids is 1. The monoisotopic (exact) mass is 370 g/mol. The van der Waals surface area contributed by atoms with Gasteiger partial charge in [0.15, 0.2) is 0 Å². The first kappa shape index (κ1) is 17.9. The highest BCUT2D eigenvalue weighted by atomic mass is 16.5. The number of aromatic amines is 1. The van der Waals surface area contributed by atoms with Crippen molar-refractivity contribution >= 4 is 22.5 Å². The maximum absolute atomic E-state index is 12.3. The highest BCUT2D eigenvalue weighted by molar-refractivity contribution is 5.91. The standard InChI is InChI=1S/C24H22N2O2/c1-17-5-4-6-21(15-17)28-20-12-10-19(11-13-20)26-24(27)14-9-18-16-25-23-8-3-2-7-22(18)23/h2-8,10-13,15-16,25H,9,14H2,1H3,(H,26,27). The van der Waals surface area contributed by atoms with Crippen molar-refractivity contribution in [2.24, 2.45) is 0 Å². The molecule has 0 radical (unpaired) electrons. The Morgan fingerprint density at radius 2 is 1.79 bits per heavy atom. The number of para-hydroxylation sites is 1. The molecule has 4 rings (SSSR count). The summed E-state index contributed by atoms with van der Waals surface area (Å²) in [4.78, 5) is 15.6. The van der Waals surface area contributed by atoms with Crippen molar-refractivity contribution in [3.8, 4) is 11.5 Å². The molecule has 1 aromatic heterocycles. The van der Waals surface area contributed by atoms with Gasteiger partial charge in [-0.15, -0.1) is 0 Å². The molecule has 4 heteroatoms. The van der Waals surface area contributed by atoms with Crippen LogP contribution in [0.5, 0.6) is 11.5 Å². The normalized spacial score (nSPS) is 10.8. The van der Waals surface area contributed by atoms with Crippen LogP contribution in [-0.2, 0) is 11.2 Å². The molecule has 140 valence electrons. The maximum atomic E-state index is 12.3. The average Bonchev–Trinajstić information content (AvgIpc) is 3.11. The van der Waals surface area contributed by atoms with E-state index in [-0.39, 0.29) is 5.91 Å². The molecule has 0 aliphatic heterocycles. The molecule has 0 atom stereocenters. The molecule has 28 heavy (non-hydrogen) atoms. The zero-order valence-corrected chi connectivity index (χ0v) is 15.7. The highest BCUT2D eigenvalue weighted by Gasteiger charge is 2.07. The van der Waals surface area contributed by atoms with Crippen LogP contribution in [0.1, 0.15) is 17.5 Å². The molecule has 4 aromatic rings. The summed E-state index contributed by atoms with van der Waals surface area (Å²) in [6.45, 7) is 2.03. The van der Waals surface area contributed by atoms with E-state index in [2.05, 4.69) is 16.4 Å². The van der Waals surface area contributed by atoms with Gasteiger partial charge >= 0.3 is 0 Å². The first-order valence-electron chi connectivity index (χ1n) is 9.37. The van der Waals surface area contributed by atoms with E-state index in [1.165, 1.54) is 5.39 Å². The Hall–Kier alpha value is -3.53. The molecule has 0 saturated heterocycles. The number of aromatic nitrogens is 1. The number of benzene rings is 3. The lowest BCUT2D eigenvalue weighted by molar-refractivity contribution is -0.116. The number of anilines is 1. The molecule has 0 unspecified atom stereocenters. The number of amides is 1. The number of fused-ring (bicyclic) bond motifs is 1. The summed E-state index contributed by atoms with van der Waals surface area (Å²) in [6, 6.07) is 23.5. The Balaban J connectivity index is 1.33. The molecule has 0 aliphatic carbocycles. The largest absolute Gasteiger partial charge is 0.457 e. The van der Waals surface area contributed by atoms with E-state index in [1.807, 2.05) is 79.9 Å². The molecule has 0 fully saturated rings. The third-order valence-electron chi connectivity index (χ3n) is 4.66. The maximum Gasteiger partial charge on any atom is 0.224 e.